The molecule has 4 aliphatic rings. The van der Waals surface area contributed by atoms with E-state index in [0.717, 1.165) is 35.5 Å². The van der Waals surface area contributed by atoms with Crippen LogP contribution >= 0.6 is 0 Å². The molecule has 4 rings (SSSR count). The van der Waals surface area contributed by atoms with Crippen molar-refractivity contribution in [3.8, 4) is 0 Å². The fraction of sp³-hybridized carbons (Fsp3) is 1.00. The number of rotatable bonds is 5. The quantitative estimate of drug-likeness (QED) is 0.392. The summed E-state index contributed by atoms with van der Waals surface area (Å²) in [5.74, 6) is 6.74. The summed E-state index contributed by atoms with van der Waals surface area (Å²) in [7, 11) is 4.21. The highest BCUT2D eigenvalue weighted by molar-refractivity contribution is 4.84. The van der Waals surface area contributed by atoms with Crippen LogP contribution in [0.3, 0.4) is 0 Å². The van der Waals surface area contributed by atoms with Crippen molar-refractivity contribution in [1.82, 2.24) is 4.90 Å². The van der Waals surface area contributed by atoms with Gasteiger partial charge in [0, 0.05) is 0 Å². The van der Waals surface area contributed by atoms with Crippen molar-refractivity contribution in [3.63, 3.8) is 0 Å². The predicted octanol–water partition coefficient (Wildman–Crippen LogP) is 10.4. The molecule has 0 heterocycles. The van der Waals surface area contributed by atoms with E-state index in [0.29, 0.717) is 0 Å². The molecule has 0 aromatic heterocycles. The van der Waals surface area contributed by atoms with Crippen LogP contribution in [-0.2, 0) is 0 Å². The third kappa shape index (κ3) is 12.0. The lowest BCUT2D eigenvalue weighted by Crippen LogP contribution is -2.30. The van der Waals surface area contributed by atoms with Crippen molar-refractivity contribution in [2.45, 2.75) is 150 Å². The van der Waals surface area contributed by atoms with Crippen LogP contribution in [0, 0.1) is 35.5 Å². The molecule has 4 aliphatic carbocycles. The number of nitrogens with zero attached hydrogens (tertiary/aromatic N) is 1. The van der Waals surface area contributed by atoms with Crippen LogP contribution in [0.5, 0.6) is 0 Å². The Morgan fingerprint density at radius 1 is 0.606 bits per heavy atom. The Bertz CT molecular complexity index is 419. The zero-order valence-electron chi connectivity index (χ0n) is 24.3. The van der Waals surface area contributed by atoms with Crippen LogP contribution in [0.25, 0.3) is 0 Å². The summed E-state index contributed by atoms with van der Waals surface area (Å²) in [5.41, 5.74) is 0. The Kier molecular flexibility index (Phi) is 18.0. The van der Waals surface area contributed by atoms with Gasteiger partial charge in [-0.1, -0.05) is 125 Å². The number of hydrogen-bond donors (Lipinski definition) is 0. The molecule has 198 valence electrons. The molecule has 6 unspecified atom stereocenters. The smallest absolute Gasteiger partial charge is 0.00249 e. The molecular weight excluding hydrogens is 398 g/mol. The molecule has 0 spiro atoms. The third-order valence-corrected chi connectivity index (χ3v) is 9.43. The topological polar surface area (TPSA) is 3.24 Å². The van der Waals surface area contributed by atoms with E-state index in [1.165, 1.54) is 77.2 Å². The summed E-state index contributed by atoms with van der Waals surface area (Å²) in [6.07, 6.45) is 27.1. The Morgan fingerprint density at radius 2 is 1.21 bits per heavy atom. The van der Waals surface area contributed by atoms with Crippen LogP contribution in [-0.4, -0.2) is 25.5 Å². The molecule has 33 heavy (non-hydrogen) atoms. The normalized spacial score (nSPS) is 33.1. The summed E-state index contributed by atoms with van der Waals surface area (Å²) in [4.78, 5) is 2.21. The number of unbranched alkanes of at least 4 members (excludes halogenated alkanes) is 1. The SMILES string of the molecule is CC.CCC1CCC2CCCCC2C1.CCC1CCCC2CCCCC12.CCCCN(C)C. The van der Waals surface area contributed by atoms with E-state index in [1.807, 2.05) is 13.8 Å². The lowest BCUT2D eigenvalue weighted by molar-refractivity contribution is 0.101. The highest BCUT2D eigenvalue weighted by Gasteiger charge is 2.33. The average Bonchev–Trinajstić information content (AvgIpc) is 2.88. The van der Waals surface area contributed by atoms with Gasteiger partial charge >= 0.3 is 0 Å². The van der Waals surface area contributed by atoms with Gasteiger partial charge in [-0.3, -0.25) is 0 Å². The van der Waals surface area contributed by atoms with Gasteiger partial charge in [0.15, 0.2) is 0 Å². The van der Waals surface area contributed by atoms with Crippen LogP contribution in [0.1, 0.15) is 150 Å². The molecule has 0 radical (unpaired) electrons. The van der Waals surface area contributed by atoms with E-state index < -0.39 is 0 Å². The molecule has 0 amide bonds. The summed E-state index contributed by atoms with van der Waals surface area (Å²) in [6, 6.07) is 0. The lowest BCUT2D eigenvalue weighted by Gasteiger charge is -2.41. The van der Waals surface area contributed by atoms with Crippen molar-refractivity contribution >= 4 is 0 Å². The Hall–Kier alpha value is -0.0400. The zero-order valence-corrected chi connectivity index (χ0v) is 24.3. The van der Waals surface area contributed by atoms with Crippen LogP contribution < -0.4 is 0 Å². The van der Waals surface area contributed by atoms with Crippen molar-refractivity contribution in [2.75, 3.05) is 20.6 Å². The van der Waals surface area contributed by atoms with Gasteiger partial charge in [-0.15, -0.1) is 0 Å². The molecule has 0 bridgehead atoms. The number of hydrogen-bond acceptors (Lipinski definition) is 1. The molecule has 0 aromatic rings. The molecule has 0 aliphatic heterocycles. The first-order chi connectivity index (χ1) is 16.1. The van der Waals surface area contributed by atoms with Crippen molar-refractivity contribution in [2.24, 2.45) is 35.5 Å². The lowest BCUT2D eigenvalue weighted by atomic mass is 9.65. The van der Waals surface area contributed by atoms with Gasteiger partial charge in [0.2, 0.25) is 0 Å². The van der Waals surface area contributed by atoms with E-state index in [1.54, 1.807) is 44.9 Å². The molecule has 4 fully saturated rings. The highest BCUT2D eigenvalue weighted by Crippen LogP contribution is 2.45. The van der Waals surface area contributed by atoms with Gasteiger partial charge in [-0.25, -0.2) is 0 Å². The van der Waals surface area contributed by atoms with Gasteiger partial charge < -0.3 is 4.90 Å². The number of fused-ring (bicyclic) bond motifs is 2. The van der Waals surface area contributed by atoms with Crippen molar-refractivity contribution in [1.29, 1.82) is 0 Å². The van der Waals surface area contributed by atoms with Gasteiger partial charge in [-0.2, -0.15) is 0 Å². The first-order valence-electron chi connectivity index (χ1n) is 15.7. The largest absolute Gasteiger partial charge is 0.309 e. The molecule has 0 aromatic carbocycles. The average molecular weight is 464 g/mol. The maximum absolute atomic E-state index is 2.39. The monoisotopic (exact) mass is 464 g/mol. The zero-order chi connectivity index (χ0) is 24.5. The molecule has 1 nitrogen and oxygen atoms in total. The maximum atomic E-state index is 2.39. The van der Waals surface area contributed by atoms with E-state index in [4.69, 9.17) is 0 Å². The second kappa shape index (κ2) is 19.2. The Balaban J connectivity index is 0.000000248. The first-order valence-corrected chi connectivity index (χ1v) is 15.7. The summed E-state index contributed by atoms with van der Waals surface area (Å²) in [5, 5.41) is 0. The minimum absolute atomic E-state index is 1.09. The third-order valence-electron chi connectivity index (χ3n) is 9.43. The van der Waals surface area contributed by atoms with E-state index >= 15 is 0 Å². The fourth-order valence-electron chi connectivity index (χ4n) is 7.39. The highest BCUT2D eigenvalue weighted by atomic mass is 15.0. The van der Waals surface area contributed by atoms with Crippen LogP contribution in [0.2, 0.25) is 0 Å². The summed E-state index contributed by atoms with van der Waals surface area (Å²) >= 11 is 0. The Morgan fingerprint density at radius 3 is 1.79 bits per heavy atom. The first kappa shape index (κ1) is 31.0. The molecule has 0 N–H and O–H groups in total. The van der Waals surface area contributed by atoms with Gasteiger partial charge in [0.25, 0.3) is 0 Å². The van der Waals surface area contributed by atoms with E-state index in [9.17, 15) is 0 Å². The molecule has 1 heteroatoms. The minimum Gasteiger partial charge on any atom is -0.309 e. The van der Waals surface area contributed by atoms with E-state index in [-0.39, 0.29) is 0 Å². The maximum Gasteiger partial charge on any atom is -0.00249 e. The fourth-order valence-corrected chi connectivity index (χ4v) is 7.39. The van der Waals surface area contributed by atoms with Crippen LogP contribution in [0.15, 0.2) is 0 Å². The standard InChI is InChI=1S/2C12H22.C6H15N.C2H6/c1-2-10-7-5-8-11-6-3-4-9-12(10)11;1-2-10-7-8-11-5-3-4-6-12(11)9-10;1-4-5-6-7(2)3;1-2/h2*10-12H,2-9H2,1H3;4-6H2,1-3H3;1-2H3. The summed E-state index contributed by atoms with van der Waals surface area (Å²) in [6.45, 7) is 12.2. The van der Waals surface area contributed by atoms with Crippen molar-refractivity contribution in [3.05, 3.63) is 0 Å². The second-order valence-corrected chi connectivity index (χ2v) is 11.9. The molecule has 6 atom stereocenters. The Labute approximate surface area is 211 Å². The predicted molar refractivity (Wildman–Crippen MR) is 151 cm³/mol. The van der Waals surface area contributed by atoms with Gasteiger partial charge in [0.05, 0.1) is 0 Å². The minimum atomic E-state index is 1.09. The van der Waals surface area contributed by atoms with Crippen molar-refractivity contribution < 1.29 is 0 Å². The van der Waals surface area contributed by atoms with E-state index in [2.05, 4.69) is 39.8 Å². The molecule has 4 saturated carbocycles. The van der Waals surface area contributed by atoms with Gasteiger partial charge in [-0.05, 0) is 81.8 Å². The second-order valence-electron chi connectivity index (χ2n) is 11.9. The van der Waals surface area contributed by atoms with Gasteiger partial charge in [0.1, 0.15) is 0 Å². The molecular formula is C32H65N. The molecule has 0 saturated heterocycles. The summed E-state index contributed by atoms with van der Waals surface area (Å²) < 4.78 is 0. The van der Waals surface area contributed by atoms with Crippen LogP contribution in [0.4, 0.5) is 0 Å².